The summed E-state index contributed by atoms with van der Waals surface area (Å²) in [5.41, 5.74) is 7.27. The normalized spacial score (nSPS) is 10.6. The highest BCUT2D eigenvalue weighted by atomic mass is 35.5. The number of ether oxygens (including phenoxy) is 1. The minimum atomic E-state index is -0.549. The third-order valence-electron chi connectivity index (χ3n) is 3.10. The lowest BCUT2D eigenvalue weighted by Gasteiger charge is -2.07. The fourth-order valence-electron chi connectivity index (χ4n) is 2.05. The molecule has 22 heavy (non-hydrogen) atoms. The van der Waals surface area contributed by atoms with E-state index >= 15 is 0 Å². The Kier molecular flexibility index (Phi) is 3.84. The molecule has 0 aliphatic carbocycles. The van der Waals surface area contributed by atoms with Crippen LogP contribution in [-0.4, -0.2) is 16.3 Å². The van der Waals surface area contributed by atoms with Gasteiger partial charge in [0, 0.05) is 23.0 Å². The second-order valence-corrected chi connectivity index (χ2v) is 5.13. The Bertz CT molecular complexity index is 831. The highest BCUT2D eigenvalue weighted by molar-refractivity contribution is 6.30. The van der Waals surface area contributed by atoms with Crippen LogP contribution in [0, 0.1) is 0 Å². The molecule has 2 aromatic carbocycles. The second-order valence-electron chi connectivity index (χ2n) is 4.69. The lowest BCUT2D eigenvalue weighted by Crippen LogP contribution is -2.26. The molecule has 0 fully saturated rings. The van der Waals surface area contributed by atoms with Crippen molar-refractivity contribution in [1.82, 2.24) is 15.5 Å². The summed E-state index contributed by atoms with van der Waals surface area (Å²) in [6.45, 7) is 0.332. The number of nitrogens with zero attached hydrogens (tertiary/aromatic N) is 1. The van der Waals surface area contributed by atoms with Crippen molar-refractivity contribution in [2.24, 2.45) is 0 Å². The van der Waals surface area contributed by atoms with Crippen molar-refractivity contribution in [3.05, 3.63) is 53.1 Å². The molecule has 3 rings (SSSR count). The Labute approximate surface area is 131 Å². The predicted octanol–water partition coefficient (Wildman–Crippen LogP) is 3.09. The number of aromatic amines is 1. The number of hydrogen-bond acceptors (Lipinski definition) is 4. The molecule has 1 aromatic heterocycles. The number of carbonyl (C=O) groups is 1. The van der Waals surface area contributed by atoms with Crippen molar-refractivity contribution in [1.29, 1.82) is 0 Å². The van der Waals surface area contributed by atoms with Crippen molar-refractivity contribution >= 4 is 34.4 Å². The maximum absolute atomic E-state index is 11.8. The fraction of sp³-hybridized carbons (Fsp3) is 0.0667. The summed E-state index contributed by atoms with van der Waals surface area (Å²) in [6, 6.07) is 12.3. The smallest absolute Gasteiger partial charge is 0.410 e. The number of rotatable bonds is 3. The first kappa shape index (κ1) is 14.2. The summed E-state index contributed by atoms with van der Waals surface area (Å²) < 4.78 is 5.21. The van der Waals surface area contributed by atoms with Gasteiger partial charge in [-0.1, -0.05) is 23.7 Å². The van der Waals surface area contributed by atoms with E-state index in [9.17, 15) is 4.79 Å². The van der Waals surface area contributed by atoms with Crippen molar-refractivity contribution in [2.45, 2.75) is 6.54 Å². The zero-order chi connectivity index (χ0) is 15.5. The number of anilines is 1. The van der Waals surface area contributed by atoms with Crippen molar-refractivity contribution in [3.63, 3.8) is 0 Å². The molecule has 7 heteroatoms. The molecule has 0 unspecified atom stereocenters. The van der Waals surface area contributed by atoms with Gasteiger partial charge in [-0.25, -0.2) is 4.79 Å². The van der Waals surface area contributed by atoms with Crippen LogP contribution in [-0.2, 0) is 6.54 Å². The minimum absolute atomic E-state index is 0.332. The largest absolute Gasteiger partial charge is 0.412 e. The standard InChI is InChI=1S/C15H13ClN4O2/c16-10-3-1-2-9(6-10)8-18-15(21)22-11-4-5-12-13(7-11)19-20-14(12)17/h1-7H,8H2,(H,18,21)(H3,17,19,20). The number of nitrogen functional groups attached to an aromatic ring is 1. The number of H-pyrrole nitrogens is 1. The molecule has 0 radical (unpaired) electrons. The van der Waals surface area contributed by atoms with Gasteiger partial charge >= 0.3 is 6.09 Å². The Morgan fingerprint density at radius 3 is 3.00 bits per heavy atom. The van der Waals surface area contributed by atoms with Crippen LogP contribution in [0.3, 0.4) is 0 Å². The summed E-state index contributed by atoms with van der Waals surface area (Å²) >= 11 is 5.88. The molecule has 0 aliphatic rings. The number of amides is 1. The highest BCUT2D eigenvalue weighted by Crippen LogP contribution is 2.22. The number of nitrogens with one attached hydrogen (secondary N) is 2. The van der Waals surface area contributed by atoms with Crippen LogP contribution in [0.15, 0.2) is 42.5 Å². The lowest BCUT2D eigenvalue weighted by molar-refractivity contribution is 0.200. The summed E-state index contributed by atoms with van der Waals surface area (Å²) in [7, 11) is 0. The van der Waals surface area contributed by atoms with Crippen LogP contribution < -0.4 is 15.8 Å². The summed E-state index contributed by atoms with van der Waals surface area (Å²) in [6.07, 6.45) is -0.549. The molecule has 4 N–H and O–H groups in total. The minimum Gasteiger partial charge on any atom is -0.410 e. The third-order valence-corrected chi connectivity index (χ3v) is 3.34. The van der Waals surface area contributed by atoms with Gasteiger partial charge in [0.25, 0.3) is 0 Å². The Balaban J connectivity index is 1.63. The molecule has 0 atom stereocenters. The number of aromatic nitrogens is 2. The van der Waals surface area contributed by atoms with Gasteiger partial charge in [0.05, 0.1) is 5.52 Å². The number of carbonyl (C=O) groups excluding carboxylic acids is 1. The Morgan fingerprint density at radius 1 is 1.32 bits per heavy atom. The van der Waals surface area contributed by atoms with E-state index in [1.165, 1.54) is 0 Å². The van der Waals surface area contributed by atoms with Crippen molar-refractivity contribution in [2.75, 3.05) is 5.73 Å². The van der Waals surface area contributed by atoms with Gasteiger partial charge in [0.2, 0.25) is 0 Å². The number of nitrogens with two attached hydrogens (primary N) is 1. The summed E-state index contributed by atoms with van der Waals surface area (Å²) in [4.78, 5) is 11.8. The summed E-state index contributed by atoms with van der Waals surface area (Å²) in [5.74, 6) is 0.812. The van der Waals surface area contributed by atoms with E-state index in [1.54, 1.807) is 30.3 Å². The molecule has 3 aromatic rings. The van der Waals surface area contributed by atoms with Crippen LogP contribution in [0.4, 0.5) is 10.6 Å². The van der Waals surface area contributed by atoms with E-state index in [2.05, 4.69) is 15.5 Å². The molecule has 1 amide bonds. The molecule has 112 valence electrons. The van der Waals surface area contributed by atoms with Gasteiger partial charge in [-0.05, 0) is 29.8 Å². The van der Waals surface area contributed by atoms with Crippen LogP contribution in [0.25, 0.3) is 10.9 Å². The van der Waals surface area contributed by atoms with E-state index in [0.29, 0.717) is 28.7 Å². The molecule has 0 saturated carbocycles. The monoisotopic (exact) mass is 316 g/mol. The quantitative estimate of drug-likeness (QED) is 0.692. The number of hydrogen-bond donors (Lipinski definition) is 3. The van der Waals surface area contributed by atoms with Gasteiger partial charge < -0.3 is 15.8 Å². The molecule has 0 saturated heterocycles. The molecule has 6 nitrogen and oxygen atoms in total. The topological polar surface area (TPSA) is 93.0 Å². The van der Waals surface area contributed by atoms with Crippen LogP contribution in [0.5, 0.6) is 5.75 Å². The van der Waals surface area contributed by atoms with E-state index in [1.807, 2.05) is 12.1 Å². The van der Waals surface area contributed by atoms with Gasteiger partial charge in [0.1, 0.15) is 5.75 Å². The zero-order valence-corrected chi connectivity index (χ0v) is 12.2. The third kappa shape index (κ3) is 3.12. The number of fused-ring (bicyclic) bond motifs is 1. The maximum Gasteiger partial charge on any atom is 0.412 e. The van der Waals surface area contributed by atoms with Gasteiger partial charge in [-0.15, -0.1) is 0 Å². The average molecular weight is 317 g/mol. The average Bonchev–Trinajstić information content (AvgIpc) is 2.86. The zero-order valence-electron chi connectivity index (χ0n) is 11.5. The van der Waals surface area contributed by atoms with Gasteiger partial charge in [0.15, 0.2) is 5.82 Å². The van der Waals surface area contributed by atoms with Crippen LogP contribution >= 0.6 is 11.6 Å². The van der Waals surface area contributed by atoms with E-state index in [0.717, 1.165) is 10.9 Å². The molecule has 1 heterocycles. The molecular weight excluding hydrogens is 304 g/mol. The maximum atomic E-state index is 11.8. The number of benzene rings is 2. The molecule has 0 spiro atoms. The van der Waals surface area contributed by atoms with Crippen LogP contribution in [0.2, 0.25) is 5.02 Å². The molecular formula is C15H13ClN4O2. The predicted molar refractivity (Wildman–Crippen MR) is 84.8 cm³/mol. The molecule has 0 bridgehead atoms. The lowest BCUT2D eigenvalue weighted by atomic mass is 10.2. The number of halogens is 1. The fourth-order valence-corrected chi connectivity index (χ4v) is 2.26. The Hall–Kier alpha value is -2.73. The van der Waals surface area contributed by atoms with Gasteiger partial charge in [-0.2, -0.15) is 5.10 Å². The van der Waals surface area contributed by atoms with Crippen LogP contribution in [0.1, 0.15) is 5.56 Å². The molecule has 0 aliphatic heterocycles. The first-order chi connectivity index (χ1) is 10.6. The first-order valence-corrected chi connectivity index (χ1v) is 6.93. The van der Waals surface area contributed by atoms with Gasteiger partial charge in [-0.3, -0.25) is 5.10 Å². The summed E-state index contributed by atoms with van der Waals surface area (Å²) in [5, 5.41) is 10.7. The SMILES string of the molecule is Nc1n[nH]c2cc(OC(=O)NCc3cccc(Cl)c3)ccc12. The van der Waals surface area contributed by atoms with E-state index in [4.69, 9.17) is 22.1 Å². The second kappa shape index (κ2) is 5.95. The van der Waals surface area contributed by atoms with Crippen molar-refractivity contribution < 1.29 is 9.53 Å². The van der Waals surface area contributed by atoms with Crippen molar-refractivity contribution in [3.8, 4) is 5.75 Å². The first-order valence-electron chi connectivity index (χ1n) is 6.55. The van der Waals surface area contributed by atoms with E-state index in [-0.39, 0.29) is 0 Å². The Morgan fingerprint density at radius 2 is 2.18 bits per heavy atom. The van der Waals surface area contributed by atoms with E-state index < -0.39 is 6.09 Å². The highest BCUT2D eigenvalue weighted by Gasteiger charge is 2.07.